The average Bonchev–Trinajstić information content (AvgIpc) is 2.46. The van der Waals surface area contributed by atoms with E-state index < -0.39 is 11.5 Å². The van der Waals surface area contributed by atoms with Crippen LogP contribution in [0.3, 0.4) is 0 Å². The molecule has 3 N–H and O–H groups in total. The molecule has 0 fully saturated rings. The third kappa shape index (κ3) is 7.28. The van der Waals surface area contributed by atoms with Crippen molar-refractivity contribution in [2.24, 2.45) is 5.41 Å². The summed E-state index contributed by atoms with van der Waals surface area (Å²) in [5.41, 5.74) is 0.384. The number of amides is 2. The molecular weight excluding hydrogens is 292 g/mol. The van der Waals surface area contributed by atoms with E-state index in [4.69, 9.17) is 0 Å². The predicted molar refractivity (Wildman–Crippen MR) is 90.7 cm³/mol. The number of rotatable bonds is 7. The van der Waals surface area contributed by atoms with Crippen LogP contribution < -0.4 is 10.6 Å². The lowest BCUT2D eigenvalue weighted by atomic mass is 9.96. The fourth-order valence-corrected chi connectivity index (χ4v) is 2.11. The maximum atomic E-state index is 11.9. The van der Waals surface area contributed by atoms with Crippen molar-refractivity contribution in [1.29, 1.82) is 0 Å². The third-order valence-electron chi connectivity index (χ3n) is 3.49. The minimum Gasteiger partial charge on any atom is -0.388 e. The standard InChI is InChI=1S/C18H28N2O3/c1-13(12-15(21)14-8-6-5-7-9-14)20-16(22)10-11-19-17(23)18(2,3)4/h5-9,13,15,21H,10-12H2,1-4H3,(H,19,23)(H,20,22). The Kier molecular flexibility index (Phi) is 7.23. The zero-order chi connectivity index (χ0) is 17.5. The van der Waals surface area contributed by atoms with Gasteiger partial charge in [-0.15, -0.1) is 0 Å². The zero-order valence-electron chi connectivity index (χ0n) is 14.4. The fraction of sp³-hybridized carbons (Fsp3) is 0.556. The van der Waals surface area contributed by atoms with Crippen LogP contribution in [0.4, 0.5) is 0 Å². The molecule has 0 saturated heterocycles. The van der Waals surface area contributed by atoms with Crippen molar-refractivity contribution >= 4 is 11.8 Å². The Balaban J connectivity index is 2.30. The number of aliphatic hydroxyl groups excluding tert-OH is 1. The fourth-order valence-electron chi connectivity index (χ4n) is 2.11. The Morgan fingerprint density at radius 2 is 1.78 bits per heavy atom. The van der Waals surface area contributed by atoms with Crippen LogP contribution in [0, 0.1) is 5.41 Å². The molecule has 0 aliphatic heterocycles. The van der Waals surface area contributed by atoms with Gasteiger partial charge in [0.15, 0.2) is 0 Å². The maximum Gasteiger partial charge on any atom is 0.225 e. The monoisotopic (exact) mass is 320 g/mol. The molecule has 1 aromatic carbocycles. The molecular formula is C18H28N2O3. The summed E-state index contributed by atoms with van der Waals surface area (Å²) in [5, 5.41) is 15.7. The zero-order valence-corrected chi connectivity index (χ0v) is 14.4. The smallest absolute Gasteiger partial charge is 0.225 e. The van der Waals surface area contributed by atoms with E-state index in [0.717, 1.165) is 5.56 Å². The van der Waals surface area contributed by atoms with Crippen LogP contribution in [0.25, 0.3) is 0 Å². The number of aliphatic hydroxyl groups is 1. The van der Waals surface area contributed by atoms with Crippen molar-refractivity contribution in [3.8, 4) is 0 Å². The van der Waals surface area contributed by atoms with E-state index in [1.807, 2.05) is 58.0 Å². The minimum absolute atomic E-state index is 0.0714. The van der Waals surface area contributed by atoms with Gasteiger partial charge in [-0.2, -0.15) is 0 Å². The second kappa shape index (κ2) is 8.67. The van der Waals surface area contributed by atoms with Crippen LogP contribution in [-0.2, 0) is 9.59 Å². The summed E-state index contributed by atoms with van der Waals surface area (Å²) in [5.74, 6) is -0.204. The molecule has 0 spiro atoms. The van der Waals surface area contributed by atoms with Crippen molar-refractivity contribution in [2.45, 2.75) is 52.7 Å². The topological polar surface area (TPSA) is 78.4 Å². The molecule has 2 amide bonds. The molecule has 5 heteroatoms. The lowest BCUT2D eigenvalue weighted by Gasteiger charge is -2.19. The van der Waals surface area contributed by atoms with Crippen LogP contribution in [0.1, 0.15) is 52.2 Å². The van der Waals surface area contributed by atoms with Gasteiger partial charge in [0, 0.05) is 24.4 Å². The van der Waals surface area contributed by atoms with Crippen LogP contribution in [0.5, 0.6) is 0 Å². The number of hydrogen-bond donors (Lipinski definition) is 3. The number of benzene rings is 1. The molecule has 2 atom stereocenters. The van der Waals surface area contributed by atoms with Crippen LogP contribution in [-0.4, -0.2) is 29.5 Å². The molecule has 0 aliphatic rings. The number of nitrogens with one attached hydrogen (secondary N) is 2. The van der Waals surface area contributed by atoms with Crippen LogP contribution in [0.15, 0.2) is 30.3 Å². The third-order valence-corrected chi connectivity index (χ3v) is 3.49. The Hall–Kier alpha value is -1.88. The summed E-state index contributed by atoms with van der Waals surface area (Å²) >= 11 is 0. The molecule has 23 heavy (non-hydrogen) atoms. The summed E-state index contributed by atoms with van der Waals surface area (Å²) in [7, 11) is 0. The van der Waals surface area contributed by atoms with Crippen molar-refractivity contribution in [2.75, 3.05) is 6.54 Å². The van der Waals surface area contributed by atoms with Gasteiger partial charge in [0.25, 0.3) is 0 Å². The second-order valence-corrected chi connectivity index (χ2v) is 6.89. The summed E-state index contributed by atoms with van der Waals surface area (Å²) in [6, 6.07) is 9.23. The second-order valence-electron chi connectivity index (χ2n) is 6.89. The normalized spacial score (nSPS) is 14.0. The molecule has 0 heterocycles. The van der Waals surface area contributed by atoms with Gasteiger partial charge in [-0.3, -0.25) is 9.59 Å². The van der Waals surface area contributed by atoms with E-state index >= 15 is 0 Å². The summed E-state index contributed by atoms with van der Waals surface area (Å²) < 4.78 is 0. The molecule has 128 valence electrons. The van der Waals surface area contributed by atoms with Crippen molar-refractivity contribution in [1.82, 2.24) is 10.6 Å². The lowest BCUT2D eigenvalue weighted by molar-refractivity contribution is -0.128. The van der Waals surface area contributed by atoms with E-state index in [1.54, 1.807) is 0 Å². The van der Waals surface area contributed by atoms with Crippen molar-refractivity contribution in [3.63, 3.8) is 0 Å². The van der Waals surface area contributed by atoms with Gasteiger partial charge < -0.3 is 15.7 Å². The molecule has 2 unspecified atom stereocenters. The first-order valence-corrected chi connectivity index (χ1v) is 8.01. The van der Waals surface area contributed by atoms with Gasteiger partial charge in [0.2, 0.25) is 11.8 Å². The van der Waals surface area contributed by atoms with Gasteiger partial charge in [-0.1, -0.05) is 51.1 Å². The minimum atomic E-state index is -0.605. The Morgan fingerprint density at radius 3 is 2.35 bits per heavy atom. The average molecular weight is 320 g/mol. The van der Waals surface area contributed by atoms with Gasteiger partial charge in [-0.05, 0) is 18.9 Å². The molecule has 0 radical (unpaired) electrons. The quantitative estimate of drug-likeness (QED) is 0.720. The van der Waals surface area contributed by atoms with E-state index in [9.17, 15) is 14.7 Å². The molecule has 0 aromatic heterocycles. The lowest BCUT2D eigenvalue weighted by Crippen LogP contribution is -2.39. The number of carbonyl (C=O) groups excluding carboxylic acids is 2. The SMILES string of the molecule is CC(CC(O)c1ccccc1)NC(=O)CCNC(=O)C(C)(C)C. The van der Waals surface area contributed by atoms with E-state index in [-0.39, 0.29) is 24.3 Å². The number of hydrogen-bond acceptors (Lipinski definition) is 3. The molecule has 0 bridgehead atoms. The highest BCUT2D eigenvalue weighted by Gasteiger charge is 2.21. The first kappa shape index (κ1) is 19.2. The highest BCUT2D eigenvalue weighted by molar-refractivity contribution is 5.82. The summed E-state index contributed by atoms with van der Waals surface area (Å²) in [6.45, 7) is 7.66. The largest absolute Gasteiger partial charge is 0.388 e. The summed E-state index contributed by atoms with van der Waals surface area (Å²) in [4.78, 5) is 23.6. The highest BCUT2D eigenvalue weighted by Crippen LogP contribution is 2.17. The Morgan fingerprint density at radius 1 is 1.17 bits per heavy atom. The number of carbonyl (C=O) groups is 2. The van der Waals surface area contributed by atoms with Gasteiger partial charge in [-0.25, -0.2) is 0 Å². The molecule has 0 aliphatic carbocycles. The van der Waals surface area contributed by atoms with Crippen LogP contribution >= 0.6 is 0 Å². The van der Waals surface area contributed by atoms with Gasteiger partial charge >= 0.3 is 0 Å². The first-order valence-electron chi connectivity index (χ1n) is 8.01. The molecule has 0 saturated carbocycles. The van der Waals surface area contributed by atoms with Gasteiger partial charge in [0.1, 0.15) is 0 Å². The van der Waals surface area contributed by atoms with Crippen LogP contribution in [0.2, 0.25) is 0 Å². The predicted octanol–water partition coefficient (Wildman–Crippen LogP) is 2.17. The van der Waals surface area contributed by atoms with Gasteiger partial charge in [0.05, 0.1) is 6.10 Å². The summed E-state index contributed by atoms with van der Waals surface area (Å²) in [6.07, 6.45) is 0.0737. The van der Waals surface area contributed by atoms with Crippen molar-refractivity contribution < 1.29 is 14.7 Å². The van der Waals surface area contributed by atoms with Crippen molar-refractivity contribution in [3.05, 3.63) is 35.9 Å². The van der Waals surface area contributed by atoms with E-state index in [0.29, 0.717) is 13.0 Å². The Labute approximate surface area is 138 Å². The maximum absolute atomic E-state index is 11.9. The molecule has 5 nitrogen and oxygen atoms in total. The van der Waals surface area contributed by atoms with E-state index in [1.165, 1.54) is 0 Å². The van der Waals surface area contributed by atoms with E-state index in [2.05, 4.69) is 10.6 Å². The highest BCUT2D eigenvalue weighted by atomic mass is 16.3. The molecule has 1 aromatic rings. The molecule has 1 rings (SSSR count). The Bertz CT molecular complexity index is 509. The first-order chi connectivity index (χ1) is 10.7.